The maximum atomic E-state index is 12.5. The number of hydrogen-bond acceptors (Lipinski definition) is 5. The molecule has 3 rings (SSSR count). The molecule has 2 aromatic carbocycles. The first-order chi connectivity index (χ1) is 17.1. The Balaban J connectivity index is 1.62. The molecule has 37 heavy (non-hydrogen) atoms. The van der Waals surface area contributed by atoms with Crippen molar-refractivity contribution in [3.05, 3.63) is 82.7 Å². The summed E-state index contributed by atoms with van der Waals surface area (Å²) in [6, 6.07) is 12.8. The highest BCUT2D eigenvalue weighted by Crippen LogP contribution is 2.34. The van der Waals surface area contributed by atoms with Crippen molar-refractivity contribution >= 4 is 11.9 Å². The zero-order chi connectivity index (χ0) is 27.6. The molecule has 0 spiro atoms. The third-order valence-electron chi connectivity index (χ3n) is 6.08. The Hall–Kier alpha value is -3.61. The molecule has 0 aliphatic carbocycles. The van der Waals surface area contributed by atoms with Gasteiger partial charge in [0.05, 0.1) is 18.3 Å². The number of carboxylic acids is 1. The summed E-state index contributed by atoms with van der Waals surface area (Å²) in [6.07, 6.45) is 3.58. The highest BCUT2D eigenvalue weighted by atomic mass is 16.5. The minimum atomic E-state index is -1.37. The minimum absolute atomic E-state index is 0.0267. The first kappa shape index (κ1) is 28.0. The van der Waals surface area contributed by atoms with Crippen molar-refractivity contribution in [1.29, 1.82) is 0 Å². The number of aliphatic carboxylic acids is 1. The molecular formula is C30H38N2O5. The van der Waals surface area contributed by atoms with Gasteiger partial charge in [-0.1, -0.05) is 59.7 Å². The van der Waals surface area contributed by atoms with Gasteiger partial charge in [-0.3, -0.25) is 4.68 Å². The predicted molar refractivity (Wildman–Crippen MR) is 143 cm³/mol. The topological polar surface area (TPSA) is 90.7 Å². The second-order valence-electron chi connectivity index (χ2n) is 11.9. The monoisotopic (exact) mass is 506 g/mol. The Bertz CT molecular complexity index is 1260. The average Bonchev–Trinajstić information content (AvgIpc) is 3.23. The molecule has 0 saturated carbocycles. The molecule has 1 aromatic heterocycles. The van der Waals surface area contributed by atoms with E-state index < -0.39 is 17.5 Å². The fourth-order valence-electron chi connectivity index (χ4n) is 3.95. The molecular weight excluding hydrogens is 468 g/mol. The second-order valence-corrected chi connectivity index (χ2v) is 11.9. The molecule has 1 heterocycles. The van der Waals surface area contributed by atoms with E-state index in [1.807, 2.05) is 10.9 Å². The molecule has 3 aromatic rings. The van der Waals surface area contributed by atoms with Crippen LogP contribution in [0.4, 0.5) is 0 Å². The van der Waals surface area contributed by atoms with Gasteiger partial charge in [0, 0.05) is 11.8 Å². The van der Waals surface area contributed by atoms with Gasteiger partial charge in [0.25, 0.3) is 0 Å². The number of benzene rings is 2. The molecule has 0 radical (unpaired) electrons. The molecule has 0 atom stereocenters. The number of carbonyl (C=O) groups excluding carboxylic acids is 1. The van der Waals surface area contributed by atoms with Crippen LogP contribution >= 0.6 is 0 Å². The number of carbonyl (C=O) groups is 2. The van der Waals surface area contributed by atoms with Crippen molar-refractivity contribution in [3.63, 3.8) is 0 Å². The third-order valence-corrected chi connectivity index (χ3v) is 6.08. The molecule has 0 unspecified atom stereocenters. The number of esters is 1. The second kappa shape index (κ2) is 10.4. The lowest BCUT2D eigenvalue weighted by Gasteiger charge is -2.30. The van der Waals surface area contributed by atoms with Crippen LogP contribution in [-0.4, -0.2) is 32.4 Å². The van der Waals surface area contributed by atoms with E-state index in [0.717, 1.165) is 11.1 Å². The lowest BCUT2D eigenvalue weighted by atomic mass is 9.74. The number of aromatic nitrogens is 2. The van der Waals surface area contributed by atoms with Gasteiger partial charge in [0.2, 0.25) is 0 Å². The number of rotatable bonds is 8. The molecule has 0 aliphatic heterocycles. The van der Waals surface area contributed by atoms with Gasteiger partial charge >= 0.3 is 11.9 Å². The van der Waals surface area contributed by atoms with Gasteiger partial charge in [-0.05, 0) is 65.6 Å². The van der Waals surface area contributed by atoms with E-state index in [-0.39, 0.29) is 17.4 Å². The Labute approximate surface area is 219 Å². The number of ether oxygens (including phenoxy) is 2. The Morgan fingerprint density at radius 2 is 1.49 bits per heavy atom. The van der Waals surface area contributed by atoms with Crippen LogP contribution in [0, 0.1) is 0 Å². The quantitative estimate of drug-likeness (QED) is 0.370. The van der Waals surface area contributed by atoms with Crippen LogP contribution < -0.4 is 4.74 Å². The summed E-state index contributed by atoms with van der Waals surface area (Å²) in [6.45, 7) is 17.1. The number of nitrogens with zero attached hydrogens (tertiary/aromatic N) is 2. The lowest BCUT2D eigenvalue weighted by molar-refractivity contribution is -0.152. The van der Waals surface area contributed by atoms with Crippen molar-refractivity contribution in [2.45, 2.75) is 85.0 Å². The summed E-state index contributed by atoms with van der Waals surface area (Å²) in [5, 5.41) is 13.6. The molecule has 0 amide bonds. The molecule has 7 heteroatoms. The summed E-state index contributed by atoms with van der Waals surface area (Å²) in [5.74, 6) is -1.20. The standard InChI is InChI=1S/C30H38N2O5/c1-28(2,3)24-14-9-20(15-25(24)29(4,5)6)17-32-18-21(16-31-32)19-36-26(33)22-10-12-23(13-11-22)37-30(7,8)27(34)35/h9-16,18H,17,19H2,1-8H3,(H,34,35). The smallest absolute Gasteiger partial charge is 0.347 e. The highest BCUT2D eigenvalue weighted by Gasteiger charge is 2.29. The Morgan fingerprint density at radius 3 is 2.05 bits per heavy atom. The zero-order valence-corrected chi connectivity index (χ0v) is 23.1. The van der Waals surface area contributed by atoms with E-state index >= 15 is 0 Å². The highest BCUT2D eigenvalue weighted by molar-refractivity contribution is 5.89. The van der Waals surface area contributed by atoms with Gasteiger partial charge in [-0.25, -0.2) is 9.59 Å². The summed E-state index contributed by atoms with van der Waals surface area (Å²) < 4.78 is 12.8. The van der Waals surface area contributed by atoms with E-state index in [2.05, 4.69) is 64.8 Å². The van der Waals surface area contributed by atoms with Crippen LogP contribution in [0.2, 0.25) is 0 Å². The van der Waals surface area contributed by atoms with Gasteiger partial charge in [-0.2, -0.15) is 5.10 Å². The third kappa shape index (κ3) is 7.21. The zero-order valence-electron chi connectivity index (χ0n) is 23.1. The van der Waals surface area contributed by atoms with Crippen molar-refractivity contribution in [3.8, 4) is 5.75 Å². The van der Waals surface area contributed by atoms with Gasteiger partial charge in [0.1, 0.15) is 12.4 Å². The number of hydrogen-bond donors (Lipinski definition) is 1. The van der Waals surface area contributed by atoms with Crippen molar-refractivity contribution in [2.24, 2.45) is 0 Å². The molecule has 0 fully saturated rings. The summed E-state index contributed by atoms with van der Waals surface area (Å²) in [5.41, 5.74) is 3.71. The molecule has 0 aliphatic rings. The van der Waals surface area contributed by atoms with E-state index in [4.69, 9.17) is 9.47 Å². The van der Waals surface area contributed by atoms with Crippen molar-refractivity contribution < 1.29 is 24.2 Å². The fourth-order valence-corrected chi connectivity index (χ4v) is 3.95. The van der Waals surface area contributed by atoms with Crippen LogP contribution in [0.3, 0.4) is 0 Å². The molecule has 0 bridgehead atoms. The van der Waals surface area contributed by atoms with Gasteiger partial charge in [0.15, 0.2) is 5.60 Å². The van der Waals surface area contributed by atoms with Crippen LogP contribution in [0.15, 0.2) is 54.9 Å². The average molecular weight is 507 g/mol. The fraction of sp³-hybridized carbons (Fsp3) is 0.433. The number of carboxylic acid groups (broad SMARTS) is 1. The van der Waals surface area contributed by atoms with E-state index in [1.54, 1.807) is 30.5 Å². The van der Waals surface area contributed by atoms with Crippen molar-refractivity contribution in [2.75, 3.05) is 0 Å². The predicted octanol–water partition coefficient (Wildman–Crippen LogP) is 6.13. The Kier molecular flexibility index (Phi) is 7.86. The molecule has 7 nitrogen and oxygen atoms in total. The summed E-state index contributed by atoms with van der Waals surface area (Å²) in [7, 11) is 0. The van der Waals surface area contributed by atoms with Gasteiger partial charge < -0.3 is 14.6 Å². The maximum Gasteiger partial charge on any atom is 0.347 e. The molecule has 198 valence electrons. The first-order valence-electron chi connectivity index (χ1n) is 12.4. The normalized spacial score (nSPS) is 12.3. The van der Waals surface area contributed by atoms with E-state index in [0.29, 0.717) is 17.9 Å². The van der Waals surface area contributed by atoms with E-state index in [1.165, 1.54) is 25.0 Å². The maximum absolute atomic E-state index is 12.5. The Morgan fingerprint density at radius 1 is 0.865 bits per heavy atom. The van der Waals surface area contributed by atoms with Gasteiger partial charge in [-0.15, -0.1) is 0 Å². The minimum Gasteiger partial charge on any atom is -0.478 e. The van der Waals surface area contributed by atoms with Crippen LogP contribution in [-0.2, 0) is 33.5 Å². The van der Waals surface area contributed by atoms with Crippen LogP contribution in [0.1, 0.15) is 88.0 Å². The van der Waals surface area contributed by atoms with E-state index in [9.17, 15) is 14.7 Å². The largest absolute Gasteiger partial charge is 0.478 e. The lowest BCUT2D eigenvalue weighted by Crippen LogP contribution is -2.37. The van der Waals surface area contributed by atoms with Crippen LogP contribution in [0.5, 0.6) is 5.75 Å². The summed E-state index contributed by atoms with van der Waals surface area (Å²) in [4.78, 5) is 23.7. The SMILES string of the molecule is CC(C)(Oc1ccc(C(=O)OCc2cnn(Cc3ccc(C(C)(C)C)c(C(C)(C)C)c3)c2)cc1)C(=O)O. The first-order valence-corrected chi connectivity index (χ1v) is 12.4. The van der Waals surface area contributed by atoms with Crippen molar-refractivity contribution in [1.82, 2.24) is 9.78 Å². The van der Waals surface area contributed by atoms with Crippen LogP contribution in [0.25, 0.3) is 0 Å². The molecule has 1 N–H and O–H groups in total. The molecule has 0 saturated heterocycles. The summed E-state index contributed by atoms with van der Waals surface area (Å²) >= 11 is 0.